The normalized spacial score (nSPS) is 25.4. The first kappa shape index (κ1) is 39.1. The number of methoxy groups -OCH3 is 1. The summed E-state index contributed by atoms with van der Waals surface area (Å²) in [6, 6.07) is 11.4. The average molecular weight is 694 g/mol. The van der Waals surface area contributed by atoms with Crippen LogP contribution in [0.5, 0.6) is 5.75 Å². The molecule has 276 valence electrons. The van der Waals surface area contributed by atoms with Crippen molar-refractivity contribution < 1.29 is 28.7 Å². The summed E-state index contributed by atoms with van der Waals surface area (Å²) in [7, 11) is 7.39. The molecule has 4 rings (SSSR count). The molecule has 2 aromatic carbocycles. The van der Waals surface area contributed by atoms with Crippen LogP contribution in [0.3, 0.4) is 0 Å². The Hall–Kier alpha value is -3.67. The van der Waals surface area contributed by atoms with E-state index < -0.39 is 30.1 Å². The first-order valence-corrected chi connectivity index (χ1v) is 17.8. The topological polar surface area (TPSA) is 127 Å². The zero-order valence-electron chi connectivity index (χ0n) is 31.9. The first-order valence-electron chi connectivity index (χ1n) is 17.8. The highest BCUT2D eigenvalue weighted by atomic mass is 16.7. The lowest BCUT2D eigenvalue weighted by atomic mass is 9.63. The molecule has 1 aliphatic heterocycles. The van der Waals surface area contributed by atoms with Crippen molar-refractivity contribution in [3.63, 3.8) is 0 Å². The quantitative estimate of drug-likeness (QED) is 0.296. The monoisotopic (exact) mass is 693 g/mol. The number of hydroxylamine groups is 2. The first-order chi connectivity index (χ1) is 23.5. The van der Waals surface area contributed by atoms with Gasteiger partial charge in [-0.05, 0) is 66.3 Å². The molecule has 0 unspecified atom stereocenters. The van der Waals surface area contributed by atoms with Gasteiger partial charge < -0.3 is 30.3 Å². The van der Waals surface area contributed by atoms with Crippen LogP contribution in [0, 0.1) is 23.2 Å². The van der Waals surface area contributed by atoms with Gasteiger partial charge in [-0.2, -0.15) is 5.06 Å². The Kier molecular flexibility index (Phi) is 12.6. The second-order valence-corrected chi connectivity index (χ2v) is 15.2. The summed E-state index contributed by atoms with van der Waals surface area (Å²) in [5.41, 5.74) is 11.0. The number of amides is 2. The van der Waals surface area contributed by atoms with Crippen molar-refractivity contribution >= 4 is 23.5 Å². The lowest BCUT2D eigenvalue weighted by Gasteiger charge is -2.46. The Morgan fingerprint density at radius 3 is 2.42 bits per heavy atom. The summed E-state index contributed by atoms with van der Waals surface area (Å²) >= 11 is 0. The maximum atomic E-state index is 14.4. The molecule has 11 nitrogen and oxygen atoms in total. The van der Waals surface area contributed by atoms with E-state index in [4.69, 9.17) is 20.0 Å². The van der Waals surface area contributed by atoms with E-state index in [1.807, 2.05) is 37.2 Å². The average Bonchev–Trinajstić information content (AvgIpc) is 3.43. The molecule has 1 saturated heterocycles. The molecular weight excluding hydrogens is 634 g/mol. The van der Waals surface area contributed by atoms with Crippen LogP contribution in [0.1, 0.15) is 72.4 Å². The van der Waals surface area contributed by atoms with Gasteiger partial charge in [0.25, 0.3) is 0 Å². The molecule has 1 saturated carbocycles. The molecule has 2 amide bonds. The number of nitrogens with zero attached hydrogens (tertiary/aromatic N) is 3. The van der Waals surface area contributed by atoms with Gasteiger partial charge in [0, 0.05) is 70.9 Å². The smallest absolute Gasteiger partial charge is 0.302 e. The van der Waals surface area contributed by atoms with E-state index in [-0.39, 0.29) is 42.3 Å². The van der Waals surface area contributed by atoms with E-state index in [0.29, 0.717) is 18.2 Å². The van der Waals surface area contributed by atoms with Crippen LogP contribution < -0.4 is 20.7 Å². The predicted molar refractivity (Wildman–Crippen MR) is 196 cm³/mol. The number of ether oxygens (including phenoxy) is 2. The number of rotatable bonds is 12. The molecule has 1 aliphatic carbocycles. The number of hydrogen-bond donors (Lipinski definition) is 2. The minimum atomic E-state index is -0.769. The number of nitrogens with one attached hydrogen (secondary N) is 1. The van der Waals surface area contributed by atoms with Crippen molar-refractivity contribution in [1.82, 2.24) is 15.3 Å². The van der Waals surface area contributed by atoms with Gasteiger partial charge >= 0.3 is 5.97 Å². The largest absolute Gasteiger partial charge is 0.496 e. The lowest BCUT2D eigenvalue weighted by molar-refractivity contribution is -0.174. The van der Waals surface area contributed by atoms with Crippen LogP contribution in [-0.2, 0) is 37.0 Å². The third kappa shape index (κ3) is 8.61. The van der Waals surface area contributed by atoms with Crippen LogP contribution in [0.2, 0.25) is 0 Å². The fraction of sp³-hybridized carbons (Fsp3) is 0.615. The fourth-order valence-electron chi connectivity index (χ4n) is 7.71. The van der Waals surface area contributed by atoms with Gasteiger partial charge in [-0.3, -0.25) is 19.2 Å². The van der Waals surface area contributed by atoms with Crippen molar-refractivity contribution in [3.8, 4) is 16.9 Å². The van der Waals surface area contributed by atoms with Crippen molar-refractivity contribution in [3.05, 3.63) is 47.5 Å². The summed E-state index contributed by atoms with van der Waals surface area (Å²) < 4.78 is 11.8. The third-order valence-electron chi connectivity index (χ3n) is 11.2. The molecule has 0 radical (unpaired) electrons. The van der Waals surface area contributed by atoms with Gasteiger partial charge in [0.05, 0.1) is 25.7 Å². The molecule has 1 heterocycles. The van der Waals surface area contributed by atoms with Crippen LogP contribution in [0.15, 0.2) is 36.4 Å². The van der Waals surface area contributed by atoms with E-state index in [9.17, 15) is 14.4 Å². The van der Waals surface area contributed by atoms with Gasteiger partial charge in [-0.15, -0.1) is 0 Å². The Morgan fingerprint density at radius 1 is 1.12 bits per heavy atom. The minimum absolute atomic E-state index is 0.00654. The standard InChI is InChI=1S/C39H59N5O6/c1-23-24(2)39(6,7)16-15-33(23)41-38(47)36-35(25(3)49-27(5)46)34(20-40)50-44(36)22-29-13-12-14-32(37(29)48-11)30-17-28(21-43(10)26(4)45)18-31(19-30)42(8)9/h12-14,17-19,23-25,33-36H,15-16,20-22,40H2,1-11H3,(H,41,47)/t23-,24-,25-,33-,34-,35+,36-/m0/s1. The maximum Gasteiger partial charge on any atom is 0.302 e. The summed E-state index contributed by atoms with van der Waals surface area (Å²) in [6.07, 6.45) is 0.734. The molecule has 0 aromatic heterocycles. The summed E-state index contributed by atoms with van der Waals surface area (Å²) in [4.78, 5) is 48.8. The van der Waals surface area contributed by atoms with Crippen molar-refractivity contribution in [2.75, 3.05) is 39.7 Å². The molecule has 2 fully saturated rings. The third-order valence-corrected chi connectivity index (χ3v) is 11.2. The molecular formula is C39H59N5O6. The lowest BCUT2D eigenvalue weighted by Crippen LogP contribution is -2.55. The Labute approximate surface area is 298 Å². The maximum absolute atomic E-state index is 14.4. The molecule has 0 spiro atoms. The van der Waals surface area contributed by atoms with Crippen LogP contribution in [0.4, 0.5) is 5.69 Å². The number of esters is 1. The van der Waals surface area contributed by atoms with Crippen LogP contribution >= 0.6 is 0 Å². The number of hydrogen-bond acceptors (Lipinski definition) is 9. The molecule has 7 atom stereocenters. The van der Waals surface area contributed by atoms with Gasteiger partial charge in [0.2, 0.25) is 11.8 Å². The van der Waals surface area contributed by atoms with Crippen molar-refractivity contribution in [2.24, 2.45) is 28.9 Å². The zero-order valence-corrected chi connectivity index (χ0v) is 31.9. The van der Waals surface area contributed by atoms with Gasteiger partial charge in [0.1, 0.15) is 17.9 Å². The van der Waals surface area contributed by atoms with Gasteiger partial charge in [-0.1, -0.05) is 45.9 Å². The predicted octanol–water partition coefficient (Wildman–Crippen LogP) is 4.99. The SMILES string of the molecule is COc1c(CN2O[C@@H](CN)[C@@H]([C@H](C)OC(C)=O)[C@H]2C(=O)N[C@H]2CCC(C)(C)[C@@H](C)[C@@H]2C)cccc1-c1cc(CN(C)C(C)=O)cc(N(C)C)c1. The minimum Gasteiger partial charge on any atom is -0.496 e. The summed E-state index contributed by atoms with van der Waals surface area (Å²) in [5, 5.41) is 5.08. The molecule has 0 bridgehead atoms. The fourth-order valence-corrected chi connectivity index (χ4v) is 7.71. The Balaban J connectivity index is 1.73. The highest BCUT2D eigenvalue weighted by Crippen LogP contribution is 2.44. The Bertz CT molecular complexity index is 1530. The number of anilines is 1. The molecule has 2 aromatic rings. The number of nitrogens with two attached hydrogens (primary N) is 1. The van der Waals surface area contributed by atoms with Gasteiger partial charge in [-0.25, -0.2) is 0 Å². The van der Waals surface area contributed by atoms with Crippen LogP contribution in [-0.4, -0.2) is 86.8 Å². The number of benzene rings is 2. The molecule has 3 N–H and O–H groups in total. The van der Waals surface area contributed by atoms with Gasteiger partial charge in [0.15, 0.2) is 0 Å². The second-order valence-electron chi connectivity index (χ2n) is 15.2. The van der Waals surface area contributed by atoms with Crippen molar-refractivity contribution in [2.45, 2.75) is 98.7 Å². The highest BCUT2D eigenvalue weighted by Gasteiger charge is 2.51. The van der Waals surface area contributed by atoms with E-state index >= 15 is 0 Å². The Morgan fingerprint density at radius 2 is 1.82 bits per heavy atom. The van der Waals surface area contributed by atoms with E-state index in [1.54, 1.807) is 38.0 Å². The summed E-state index contributed by atoms with van der Waals surface area (Å²) in [5.74, 6) is 0.249. The molecule has 11 heteroatoms. The molecule has 2 aliphatic rings. The highest BCUT2D eigenvalue weighted by molar-refractivity contribution is 5.83. The van der Waals surface area contributed by atoms with Crippen LogP contribution in [0.25, 0.3) is 11.1 Å². The number of para-hydroxylation sites is 1. The van der Waals surface area contributed by atoms with Crippen molar-refractivity contribution in [1.29, 1.82) is 0 Å². The molecule has 50 heavy (non-hydrogen) atoms. The zero-order chi connectivity index (χ0) is 37.1. The van der Waals surface area contributed by atoms with E-state index in [0.717, 1.165) is 40.8 Å². The second kappa shape index (κ2) is 16.1. The number of carbonyl (C=O) groups excluding carboxylic acids is 3. The summed E-state index contributed by atoms with van der Waals surface area (Å²) in [6.45, 7) is 14.6. The van der Waals surface area contributed by atoms with E-state index in [1.165, 1.54) is 6.92 Å². The van der Waals surface area contributed by atoms with E-state index in [2.05, 4.69) is 51.2 Å². The number of carbonyl (C=O) groups is 3.